The van der Waals surface area contributed by atoms with Crippen molar-refractivity contribution in [1.82, 2.24) is 4.98 Å². The van der Waals surface area contributed by atoms with E-state index >= 15 is 0 Å². The van der Waals surface area contributed by atoms with Gasteiger partial charge in [0.15, 0.2) is 6.29 Å². The molecule has 21 heavy (non-hydrogen) atoms. The fraction of sp³-hybridized carbons (Fsp3) is 0.250. The summed E-state index contributed by atoms with van der Waals surface area (Å²) in [6, 6.07) is 12.9. The van der Waals surface area contributed by atoms with Gasteiger partial charge in [-0.2, -0.15) is 0 Å². The van der Waals surface area contributed by atoms with Crippen LogP contribution in [-0.2, 0) is 11.3 Å². The van der Waals surface area contributed by atoms with Crippen LogP contribution in [0.2, 0.25) is 0 Å². The Hall–Kier alpha value is -2.24. The summed E-state index contributed by atoms with van der Waals surface area (Å²) in [5, 5.41) is 9.76. The van der Waals surface area contributed by atoms with E-state index in [-0.39, 0.29) is 13.2 Å². The lowest BCUT2D eigenvalue weighted by molar-refractivity contribution is 0.00543. The van der Waals surface area contributed by atoms with Crippen LogP contribution in [0.15, 0.2) is 48.7 Å². The number of aliphatic hydroxyl groups is 1. The molecule has 1 heterocycles. The van der Waals surface area contributed by atoms with Gasteiger partial charge in [-0.25, -0.2) is 4.98 Å². The van der Waals surface area contributed by atoms with Gasteiger partial charge in [0.05, 0.1) is 19.4 Å². The van der Waals surface area contributed by atoms with E-state index in [1.54, 1.807) is 12.1 Å². The van der Waals surface area contributed by atoms with Gasteiger partial charge in [-0.3, -0.25) is 4.79 Å². The van der Waals surface area contributed by atoms with Gasteiger partial charge in [-0.1, -0.05) is 30.3 Å². The lowest BCUT2D eigenvalue weighted by Gasteiger charge is -2.12. The second-order valence-electron chi connectivity index (χ2n) is 4.50. The molecule has 0 aliphatic rings. The monoisotopic (exact) mass is 287 g/mol. The lowest BCUT2D eigenvalue weighted by Crippen LogP contribution is -2.23. The van der Waals surface area contributed by atoms with Crippen LogP contribution < -0.4 is 4.74 Å². The molecule has 1 N–H and O–H groups in total. The Bertz CT molecular complexity index is 542. The lowest BCUT2D eigenvalue weighted by atomic mass is 10.2. The maximum Gasteiger partial charge on any atom is 0.168 e. The highest BCUT2D eigenvalue weighted by atomic mass is 16.5. The minimum atomic E-state index is -0.723. The van der Waals surface area contributed by atoms with E-state index in [1.165, 1.54) is 6.20 Å². The summed E-state index contributed by atoms with van der Waals surface area (Å²) < 4.78 is 10.8. The molecule has 0 aliphatic heterocycles. The first-order valence-electron chi connectivity index (χ1n) is 6.61. The van der Waals surface area contributed by atoms with Crippen LogP contribution in [0, 0.1) is 0 Å². The molecule has 0 aliphatic carbocycles. The van der Waals surface area contributed by atoms with Gasteiger partial charge in [0.2, 0.25) is 0 Å². The molecule has 1 atom stereocenters. The minimum absolute atomic E-state index is 0.108. The smallest absolute Gasteiger partial charge is 0.168 e. The number of aliphatic hydroxyl groups excluding tert-OH is 1. The van der Waals surface area contributed by atoms with Gasteiger partial charge in [-0.05, 0) is 17.7 Å². The van der Waals surface area contributed by atoms with Crippen LogP contribution in [0.4, 0.5) is 0 Å². The largest absolute Gasteiger partial charge is 0.489 e. The number of carbonyl (C=O) groups excluding carboxylic acids is 1. The molecule has 0 fully saturated rings. The summed E-state index contributed by atoms with van der Waals surface area (Å²) >= 11 is 0. The van der Waals surface area contributed by atoms with E-state index in [9.17, 15) is 9.90 Å². The fourth-order valence-corrected chi connectivity index (χ4v) is 1.67. The number of hydrogen-bond acceptors (Lipinski definition) is 5. The van der Waals surface area contributed by atoms with Gasteiger partial charge < -0.3 is 14.6 Å². The van der Waals surface area contributed by atoms with Crippen molar-refractivity contribution in [3.8, 4) is 5.75 Å². The Kier molecular flexibility index (Phi) is 5.87. The molecule has 2 rings (SSSR count). The summed E-state index contributed by atoms with van der Waals surface area (Å²) in [5.74, 6) is 0.503. The molecule has 5 heteroatoms. The zero-order valence-corrected chi connectivity index (χ0v) is 11.5. The molecule has 0 spiro atoms. The van der Waals surface area contributed by atoms with Crippen molar-refractivity contribution in [3.63, 3.8) is 0 Å². The molecule has 0 saturated heterocycles. The van der Waals surface area contributed by atoms with E-state index in [0.29, 0.717) is 24.3 Å². The Labute approximate surface area is 123 Å². The van der Waals surface area contributed by atoms with Gasteiger partial charge in [0.1, 0.15) is 24.2 Å². The summed E-state index contributed by atoms with van der Waals surface area (Å²) in [6.45, 7) is 0.749. The number of nitrogens with zero attached hydrogens (tertiary/aromatic N) is 1. The molecule has 1 aromatic carbocycles. The van der Waals surface area contributed by atoms with Gasteiger partial charge in [0.25, 0.3) is 0 Å². The van der Waals surface area contributed by atoms with Crippen molar-refractivity contribution in [2.45, 2.75) is 12.7 Å². The number of carbonyl (C=O) groups is 1. The zero-order valence-electron chi connectivity index (χ0n) is 11.5. The average Bonchev–Trinajstić information content (AvgIpc) is 2.54. The SMILES string of the molecule is O=Cc1ccc(OCC(O)COCc2ccccc2)cn1. The minimum Gasteiger partial charge on any atom is -0.489 e. The number of hydrogen-bond donors (Lipinski definition) is 1. The zero-order chi connectivity index (χ0) is 14.9. The van der Waals surface area contributed by atoms with Crippen LogP contribution in [0.25, 0.3) is 0 Å². The summed E-state index contributed by atoms with van der Waals surface area (Å²) in [4.78, 5) is 14.3. The van der Waals surface area contributed by atoms with Gasteiger partial charge >= 0.3 is 0 Å². The summed E-state index contributed by atoms with van der Waals surface area (Å²) in [6.07, 6.45) is 1.39. The second-order valence-corrected chi connectivity index (χ2v) is 4.50. The third-order valence-corrected chi connectivity index (χ3v) is 2.74. The number of aromatic nitrogens is 1. The molecule has 0 saturated carbocycles. The average molecular weight is 287 g/mol. The number of pyridine rings is 1. The summed E-state index contributed by atoms with van der Waals surface area (Å²) in [5.41, 5.74) is 1.40. The molecule has 1 aromatic heterocycles. The van der Waals surface area contributed by atoms with Crippen LogP contribution in [0.5, 0.6) is 5.75 Å². The molecule has 110 valence electrons. The predicted octanol–water partition coefficient (Wildman–Crippen LogP) is 1.85. The molecule has 0 amide bonds. The Balaban J connectivity index is 1.67. The number of rotatable bonds is 8. The quantitative estimate of drug-likeness (QED) is 0.750. The maximum absolute atomic E-state index is 10.5. The third-order valence-electron chi connectivity index (χ3n) is 2.74. The Morgan fingerprint density at radius 3 is 2.62 bits per heavy atom. The number of benzene rings is 1. The van der Waals surface area contributed by atoms with Crippen molar-refractivity contribution in [2.75, 3.05) is 13.2 Å². The van der Waals surface area contributed by atoms with E-state index < -0.39 is 6.10 Å². The van der Waals surface area contributed by atoms with E-state index in [2.05, 4.69) is 4.98 Å². The first-order valence-corrected chi connectivity index (χ1v) is 6.61. The fourth-order valence-electron chi connectivity index (χ4n) is 1.67. The Morgan fingerprint density at radius 2 is 1.95 bits per heavy atom. The highest BCUT2D eigenvalue weighted by Crippen LogP contribution is 2.09. The van der Waals surface area contributed by atoms with Crippen LogP contribution in [0.3, 0.4) is 0 Å². The van der Waals surface area contributed by atoms with Crippen molar-refractivity contribution in [1.29, 1.82) is 0 Å². The van der Waals surface area contributed by atoms with Crippen molar-refractivity contribution in [3.05, 3.63) is 59.9 Å². The van der Waals surface area contributed by atoms with Crippen LogP contribution in [-0.4, -0.2) is 35.7 Å². The van der Waals surface area contributed by atoms with Gasteiger partial charge in [0, 0.05) is 0 Å². The van der Waals surface area contributed by atoms with Crippen LogP contribution in [0.1, 0.15) is 16.1 Å². The molecule has 2 aromatic rings. The molecular formula is C16H17NO4. The first-order chi connectivity index (χ1) is 10.3. The molecule has 0 bridgehead atoms. The standard InChI is InChI=1S/C16H17NO4/c18-9-14-6-7-16(8-17-14)21-12-15(19)11-20-10-13-4-2-1-3-5-13/h1-9,15,19H,10-12H2. The van der Waals surface area contributed by atoms with E-state index in [1.807, 2.05) is 30.3 Å². The van der Waals surface area contributed by atoms with Crippen molar-refractivity contribution < 1.29 is 19.4 Å². The van der Waals surface area contributed by atoms with Crippen molar-refractivity contribution >= 4 is 6.29 Å². The van der Waals surface area contributed by atoms with E-state index in [0.717, 1.165) is 5.56 Å². The maximum atomic E-state index is 10.5. The predicted molar refractivity (Wildman–Crippen MR) is 77.2 cm³/mol. The van der Waals surface area contributed by atoms with Gasteiger partial charge in [-0.15, -0.1) is 0 Å². The number of ether oxygens (including phenoxy) is 2. The molecular weight excluding hydrogens is 270 g/mol. The highest BCUT2D eigenvalue weighted by molar-refractivity contribution is 5.71. The molecule has 0 radical (unpaired) electrons. The molecule has 1 unspecified atom stereocenters. The topological polar surface area (TPSA) is 68.7 Å². The third kappa shape index (κ3) is 5.33. The normalized spacial score (nSPS) is 11.9. The second kappa shape index (κ2) is 8.14. The van der Waals surface area contributed by atoms with Crippen molar-refractivity contribution in [2.24, 2.45) is 0 Å². The highest BCUT2D eigenvalue weighted by Gasteiger charge is 2.06. The van der Waals surface area contributed by atoms with E-state index in [4.69, 9.17) is 9.47 Å². The summed E-state index contributed by atoms with van der Waals surface area (Å²) in [7, 11) is 0. The molecule has 5 nitrogen and oxygen atoms in total. The number of aldehydes is 1. The van der Waals surface area contributed by atoms with Crippen LogP contribution >= 0.6 is 0 Å². The first kappa shape index (κ1) is 15.2. The Morgan fingerprint density at radius 1 is 1.14 bits per heavy atom.